The summed E-state index contributed by atoms with van der Waals surface area (Å²) in [5.41, 5.74) is 7.02. The van der Waals surface area contributed by atoms with E-state index in [4.69, 9.17) is 19.9 Å². The van der Waals surface area contributed by atoms with Crippen LogP contribution in [0.4, 0.5) is 0 Å². The van der Waals surface area contributed by atoms with Crippen molar-refractivity contribution in [3.05, 3.63) is 23.8 Å². The summed E-state index contributed by atoms with van der Waals surface area (Å²) in [6.07, 6.45) is 1.80. The third-order valence-corrected chi connectivity index (χ3v) is 3.13. The molecule has 120 valence electrons. The van der Waals surface area contributed by atoms with Crippen molar-refractivity contribution in [1.82, 2.24) is 0 Å². The zero-order chi connectivity index (χ0) is 15.9. The van der Waals surface area contributed by atoms with E-state index in [1.54, 1.807) is 7.11 Å². The summed E-state index contributed by atoms with van der Waals surface area (Å²) in [6, 6.07) is 6.14. The number of methoxy groups -OCH3 is 1. The van der Waals surface area contributed by atoms with Gasteiger partial charge in [-0.1, -0.05) is 13.0 Å². The standard InChI is InChI=1S/C17H29NO3/c1-6-14(18)11-13-7-8-15(19-5)16(12-13)20-9-10-21-17(2,3)4/h7-8,12,14H,6,9-11,18H2,1-5H3. The topological polar surface area (TPSA) is 53.7 Å². The zero-order valence-corrected chi connectivity index (χ0v) is 13.9. The molecule has 0 saturated heterocycles. The van der Waals surface area contributed by atoms with Crippen molar-refractivity contribution >= 4 is 0 Å². The monoisotopic (exact) mass is 295 g/mol. The normalized spacial score (nSPS) is 13.0. The summed E-state index contributed by atoms with van der Waals surface area (Å²) in [4.78, 5) is 0. The molecule has 0 heterocycles. The highest BCUT2D eigenvalue weighted by molar-refractivity contribution is 5.43. The first-order chi connectivity index (χ1) is 9.85. The molecule has 0 bridgehead atoms. The fraction of sp³-hybridized carbons (Fsp3) is 0.647. The molecule has 4 heteroatoms. The van der Waals surface area contributed by atoms with Crippen molar-refractivity contribution in [2.75, 3.05) is 20.3 Å². The molecule has 0 saturated carbocycles. The van der Waals surface area contributed by atoms with Crippen LogP contribution < -0.4 is 15.2 Å². The molecule has 0 amide bonds. The Kier molecular flexibility index (Phi) is 6.99. The molecule has 0 spiro atoms. The maximum atomic E-state index is 6.00. The van der Waals surface area contributed by atoms with Crippen LogP contribution in [0.5, 0.6) is 11.5 Å². The molecule has 1 atom stereocenters. The Morgan fingerprint density at radius 1 is 1.14 bits per heavy atom. The van der Waals surface area contributed by atoms with E-state index in [-0.39, 0.29) is 11.6 Å². The van der Waals surface area contributed by atoms with E-state index >= 15 is 0 Å². The SMILES string of the molecule is CCC(N)Cc1ccc(OC)c(OCCOC(C)(C)C)c1. The Hall–Kier alpha value is -1.26. The molecule has 1 rings (SSSR count). The Bertz CT molecular complexity index is 427. The van der Waals surface area contributed by atoms with Gasteiger partial charge in [-0.2, -0.15) is 0 Å². The first kappa shape index (κ1) is 17.8. The molecule has 0 aliphatic rings. The van der Waals surface area contributed by atoms with Crippen LogP contribution in [0.15, 0.2) is 18.2 Å². The maximum Gasteiger partial charge on any atom is 0.161 e. The summed E-state index contributed by atoms with van der Waals surface area (Å²) in [5.74, 6) is 1.48. The molecule has 1 aromatic carbocycles. The highest BCUT2D eigenvalue weighted by atomic mass is 16.5. The summed E-state index contributed by atoms with van der Waals surface area (Å²) in [5, 5.41) is 0. The predicted molar refractivity (Wildman–Crippen MR) is 86.2 cm³/mol. The van der Waals surface area contributed by atoms with Crippen LogP contribution in [0.1, 0.15) is 39.7 Å². The Morgan fingerprint density at radius 3 is 2.43 bits per heavy atom. The van der Waals surface area contributed by atoms with E-state index in [1.165, 1.54) is 0 Å². The van der Waals surface area contributed by atoms with Crippen molar-refractivity contribution in [3.63, 3.8) is 0 Å². The van der Waals surface area contributed by atoms with Gasteiger partial charge in [0.05, 0.1) is 19.3 Å². The van der Waals surface area contributed by atoms with Crippen molar-refractivity contribution in [3.8, 4) is 11.5 Å². The van der Waals surface area contributed by atoms with Gasteiger partial charge in [-0.25, -0.2) is 0 Å². The van der Waals surface area contributed by atoms with Crippen LogP contribution in [0.3, 0.4) is 0 Å². The Balaban J connectivity index is 2.63. The highest BCUT2D eigenvalue weighted by Crippen LogP contribution is 2.28. The molecule has 21 heavy (non-hydrogen) atoms. The number of benzene rings is 1. The van der Waals surface area contributed by atoms with E-state index < -0.39 is 0 Å². The summed E-state index contributed by atoms with van der Waals surface area (Å²) >= 11 is 0. The van der Waals surface area contributed by atoms with Gasteiger partial charge in [-0.15, -0.1) is 0 Å². The van der Waals surface area contributed by atoms with Gasteiger partial charge in [0.2, 0.25) is 0 Å². The lowest BCUT2D eigenvalue weighted by atomic mass is 10.0. The number of nitrogens with two attached hydrogens (primary N) is 1. The molecule has 4 nitrogen and oxygen atoms in total. The third kappa shape index (κ3) is 6.82. The predicted octanol–water partition coefficient (Wildman–Crippen LogP) is 3.17. The van der Waals surface area contributed by atoms with Crippen LogP contribution in [0.2, 0.25) is 0 Å². The van der Waals surface area contributed by atoms with Crippen LogP contribution in [0, 0.1) is 0 Å². The van der Waals surface area contributed by atoms with E-state index in [0.717, 1.165) is 29.9 Å². The van der Waals surface area contributed by atoms with E-state index in [1.807, 2.05) is 39.0 Å². The molecule has 1 aromatic rings. The van der Waals surface area contributed by atoms with E-state index in [0.29, 0.717) is 13.2 Å². The fourth-order valence-electron chi connectivity index (χ4n) is 1.91. The quantitative estimate of drug-likeness (QED) is 0.748. The number of hydrogen-bond donors (Lipinski definition) is 1. The summed E-state index contributed by atoms with van der Waals surface area (Å²) in [7, 11) is 1.64. The van der Waals surface area contributed by atoms with Crippen molar-refractivity contribution in [1.29, 1.82) is 0 Å². The summed E-state index contributed by atoms with van der Waals surface area (Å²) in [6.45, 7) is 9.22. The first-order valence-corrected chi connectivity index (χ1v) is 7.55. The van der Waals surface area contributed by atoms with Gasteiger partial charge in [0.1, 0.15) is 6.61 Å². The minimum Gasteiger partial charge on any atom is -0.493 e. The van der Waals surface area contributed by atoms with Gasteiger partial charge in [-0.3, -0.25) is 0 Å². The minimum atomic E-state index is -0.150. The average molecular weight is 295 g/mol. The molecule has 1 unspecified atom stereocenters. The summed E-state index contributed by atoms with van der Waals surface area (Å²) < 4.78 is 16.8. The second kappa shape index (κ2) is 8.25. The van der Waals surface area contributed by atoms with Crippen LogP contribution >= 0.6 is 0 Å². The Labute approximate surface area is 128 Å². The number of hydrogen-bond acceptors (Lipinski definition) is 4. The second-order valence-electron chi connectivity index (χ2n) is 6.17. The molecule has 0 aromatic heterocycles. The van der Waals surface area contributed by atoms with Crippen LogP contribution in [-0.2, 0) is 11.2 Å². The van der Waals surface area contributed by atoms with Gasteiger partial charge in [-0.05, 0) is 51.3 Å². The smallest absolute Gasteiger partial charge is 0.161 e. The van der Waals surface area contributed by atoms with Gasteiger partial charge in [0.25, 0.3) is 0 Å². The van der Waals surface area contributed by atoms with E-state index in [2.05, 4.69) is 6.92 Å². The van der Waals surface area contributed by atoms with E-state index in [9.17, 15) is 0 Å². The van der Waals surface area contributed by atoms with Gasteiger partial charge in [0, 0.05) is 6.04 Å². The number of rotatable bonds is 8. The Morgan fingerprint density at radius 2 is 1.86 bits per heavy atom. The molecular weight excluding hydrogens is 266 g/mol. The molecule has 0 aliphatic carbocycles. The van der Waals surface area contributed by atoms with Gasteiger partial charge in [0.15, 0.2) is 11.5 Å². The van der Waals surface area contributed by atoms with Crippen molar-refractivity contribution in [2.24, 2.45) is 5.73 Å². The van der Waals surface area contributed by atoms with Gasteiger partial charge < -0.3 is 19.9 Å². The minimum absolute atomic E-state index is 0.150. The lowest BCUT2D eigenvalue weighted by molar-refractivity contribution is -0.0165. The van der Waals surface area contributed by atoms with Crippen molar-refractivity contribution < 1.29 is 14.2 Å². The first-order valence-electron chi connectivity index (χ1n) is 7.55. The largest absolute Gasteiger partial charge is 0.493 e. The molecule has 0 radical (unpaired) electrons. The number of ether oxygens (including phenoxy) is 3. The fourth-order valence-corrected chi connectivity index (χ4v) is 1.91. The highest BCUT2D eigenvalue weighted by Gasteiger charge is 2.11. The second-order valence-corrected chi connectivity index (χ2v) is 6.17. The van der Waals surface area contributed by atoms with Crippen molar-refractivity contribution in [2.45, 2.75) is 52.2 Å². The third-order valence-electron chi connectivity index (χ3n) is 3.13. The zero-order valence-electron chi connectivity index (χ0n) is 13.9. The lowest BCUT2D eigenvalue weighted by Gasteiger charge is -2.20. The molecule has 0 fully saturated rings. The molecule has 2 N–H and O–H groups in total. The molecule has 0 aliphatic heterocycles. The lowest BCUT2D eigenvalue weighted by Crippen LogP contribution is -2.22. The average Bonchev–Trinajstić information content (AvgIpc) is 2.42. The van der Waals surface area contributed by atoms with Crippen LogP contribution in [0.25, 0.3) is 0 Å². The van der Waals surface area contributed by atoms with Crippen LogP contribution in [-0.4, -0.2) is 32.0 Å². The van der Waals surface area contributed by atoms with Gasteiger partial charge >= 0.3 is 0 Å². The molecular formula is C17H29NO3. The maximum absolute atomic E-state index is 6.00.